The van der Waals surface area contributed by atoms with Crippen molar-refractivity contribution in [2.45, 2.75) is 64.1 Å². The number of rotatable bonds is 12. The molecule has 0 bridgehead atoms. The first-order valence-corrected chi connectivity index (χ1v) is 15.5. The number of carbonyl (C=O) groups excluding carboxylic acids is 1. The zero-order valence-corrected chi connectivity index (χ0v) is 25.3. The fourth-order valence-electron chi connectivity index (χ4n) is 6.49. The number of piperazine rings is 1. The first kappa shape index (κ1) is 31.7. The summed E-state index contributed by atoms with van der Waals surface area (Å²) >= 11 is 0. The molecular formula is C34H48N4O4. The molecule has 1 amide bonds. The van der Waals surface area contributed by atoms with E-state index in [1.165, 1.54) is 0 Å². The number of carboxylic acid groups (broad SMARTS) is 1. The maximum atomic E-state index is 13.8. The van der Waals surface area contributed by atoms with Gasteiger partial charge in [0.1, 0.15) is 5.75 Å². The van der Waals surface area contributed by atoms with Gasteiger partial charge in [-0.2, -0.15) is 0 Å². The van der Waals surface area contributed by atoms with E-state index in [9.17, 15) is 14.7 Å². The second kappa shape index (κ2) is 15.3. The number of unbranched alkanes of at least 4 members (excludes halogenated alkanes) is 2. The van der Waals surface area contributed by atoms with Gasteiger partial charge in [-0.1, -0.05) is 36.8 Å². The van der Waals surface area contributed by atoms with Gasteiger partial charge in [0.25, 0.3) is 5.91 Å². The van der Waals surface area contributed by atoms with E-state index < -0.39 is 5.97 Å². The number of carboxylic acids is 1. The summed E-state index contributed by atoms with van der Waals surface area (Å²) in [6, 6.07) is 16.1. The van der Waals surface area contributed by atoms with Crippen LogP contribution in [0.25, 0.3) is 0 Å². The summed E-state index contributed by atoms with van der Waals surface area (Å²) in [4.78, 5) is 33.9. The van der Waals surface area contributed by atoms with Gasteiger partial charge in [-0.3, -0.25) is 19.4 Å². The molecule has 8 heteroatoms. The Bertz CT molecular complexity index is 1200. The molecule has 228 valence electrons. The first-order valence-electron chi connectivity index (χ1n) is 15.5. The monoisotopic (exact) mass is 576 g/mol. The minimum absolute atomic E-state index is 0.0621. The van der Waals surface area contributed by atoms with Crippen LogP contribution in [0.1, 0.15) is 73.5 Å². The standard InChI is InChI=1S/C34H48N4O4/c1-4-16-37-24-27(3)38(25-26(37)2)33(29-12-9-14-31(39)23-29)28-11-8-13-30(22-28)34(42)36-19-10-18-35(20-21-36)17-7-5-6-15-32(40)41/h4,8-9,11-14,22-23,26-27,33,39H,1,5-7,10,15-21,24-25H2,2-3H3,(H,40,41)/t26-,27+,33-/m1/s1. The van der Waals surface area contributed by atoms with E-state index >= 15 is 0 Å². The third-order valence-electron chi connectivity index (χ3n) is 8.73. The predicted molar refractivity (Wildman–Crippen MR) is 167 cm³/mol. The molecule has 0 saturated carbocycles. The molecule has 2 aromatic rings. The Morgan fingerprint density at radius 2 is 1.71 bits per heavy atom. The summed E-state index contributed by atoms with van der Waals surface area (Å²) < 4.78 is 0. The SMILES string of the molecule is C=CCN1C[C@H](C)N([C@@H](c2cccc(O)c2)c2cccc(C(=O)N3CCCN(CCCCCC(=O)O)CC3)c2)C[C@H]1C. The van der Waals surface area contributed by atoms with Crippen LogP contribution >= 0.6 is 0 Å². The van der Waals surface area contributed by atoms with Gasteiger partial charge in [0.05, 0.1) is 6.04 Å². The number of hydrogen-bond donors (Lipinski definition) is 2. The summed E-state index contributed by atoms with van der Waals surface area (Å²) in [6.45, 7) is 15.2. The molecule has 8 nitrogen and oxygen atoms in total. The number of aliphatic carboxylic acids is 1. The Morgan fingerprint density at radius 1 is 0.952 bits per heavy atom. The quantitative estimate of drug-likeness (QED) is 0.276. The largest absolute Gasteiger partial charge is 0.508 e. The van der Waals surface area contributed by atoms with Gasteiger partial charge in [-0.25, -0.2) is 0 Å². The van der Waals surface area contributed by atoms with Gasteiger partial charge >= 0.3 is 5.97 Å². The maximum Gasteiger partial charge on any atom is 0.303 e. The second-order valence-corrected chi connectivity index (χ2v) is 12.0. The summed E-state index contributed by atoms with van der Waals surface area (Å²) in [5.74, 6) is -0.426. The molecule has 2 aromatic carbocycles. The zero-order valence-electron chi connectivity index (χ0n) is 25.3. The number of phenolic OH excluding ortho intramolecular Hbond substituents is 1. The molecule has 4 rings (SSSR count). The molecule has 0 unspecified atom stereocenters. The van der Waals surface area contributed by atoms with E-state index in [1.807, 2.05) is 35.2 Å². The van der Waals surface area contributed by atoms with Gasteiger partial charge in [-0.15, -0.1) is 6.58 Å². The van der Waals surface area contributed by atoms with Crippen LogP contribution in [0.2, 0.25) is 0 Å². The lowest BCUT2D eigenvalue weighted by Gasteiger charge is -2.47. The smallest absolute Gasteiger partial charge is 0.303 e. The number of benzene rings is 2. The van der Waals surface area contributed by atoms with Crippen LogP contribution in [0.15, 0.2) is 61.2 Å². The van der Waals surface area contributed by atoms with Crippen LogP contribution in [0.5, 0.6) is 5.75 Å². The Kier molecular flexibility index (Phi) is 11.6. The fraction of sp³-hybridized carbons (Fsp3) is 0.529. The summed E-state index contributed by atoms with van der Waals surface area (Å²) in [5.41, 5.74) is 2.77. The van der Waals surface area contributed by atoms with Crippen molar-refractivity contribution in [2.75, 3.05) is 52.4 Å². The van der Waals surface area contributed by atoms with Crippen molar-refractivity contribution < 1.29 is 19.8 Å². The van der Waals surface area contributed by atoms with Crippen LogP contribution in [0, 0.1) is 0 Å². The Hall–Kier alpha value is -3.20. The van der Waals surface area contributed by atoms with Crippen LogP contribution in [0.3, 0.4) is 0 Å². The highest BCUT2D eigenvalue weighted by Crippen LogP contribution is 2.35. The van der Waals surface area contributed by atoms with Crippen molar-refractivity contribution in [1.82, 2.24) is 19.6 Å². The van der Waals surface area contributed by atoms with Crippen molar-refractivity contribution in [2.24, 2.45) is 0 Å². The molecule has 0 radical (unpaired) electrons. The van der Waals surface area contributed by atoms with Gasteiger partial charge in [0, 0.05) is 63.3 Å². The highest BCUT2D eigenvalue weighted by atomic mass is 16.4. The summed E-state index contributed by atoms with van der Waals surface area (Å²) in [7, 11) is 0. The van der Waals surface area contributed by atoms with Crippen LogP contribution < -0.4 is 0 Å². The van der Waals surface area contributed by atoms with E-state index in [0.29, 0.717) is 18.2 Å². The molecule has 0 aromatic heterocycles. The number of hydrogen-bond acceptors (Lipinski definition) is 6. The molecule has 0 spiro atoms. The normalized spacial score (nSPS) is 21.5. The van der Waals surface area contributed by atoms with E-state index in [1.54, 1.807) is 6.07 Å². The molecule has 2 aliphatic rings. The molecule has 2 heterocycles. The minimum Gasteiger partial charge on any atom is -0.508 e. The Balaban J connectivity index is 1.49. The first-order chi connectivity index (χ1) is 20.3. The number of carbonyl (C=O) groups is 2. The van der Waals surface area contributed by atoms with Crippen molar-refractivity contribution in [3.63, 3.8) is 0 Å². The Morgan fingerprint density at radius 3 is 2.45 bits per heavy atom. The van der Waals surface area contributed by atoms with Crippen molar-refractivity contribution in [1.29, 1.82) is 0 Å². The van der Waals surface area contributed by atoms with Crippen molar-refractivity contribution in [3.8, 4) is 5.75 Å². The molecule has 2 N–H and O–H groups in total. The van der Waals surface area contributed by atoms with Crippen LogP contribution in [0.4, 0.5) is 0 Å². The van der Waals surface area contributed by atoms with E-state index in [0.717, 1.165) is 82.6 Å². The van der Waals surface area contributed by atoms with Crippen molar-refractivity contribution in [3.05, 3.63) is 77.9 Å². The maximum absolute atomic E-state index is 13.8. The lowest BCUT2D eigenvalue weighted by molar-refractivity contribution is -0.137. The Labute approximate surface area is 251 Å². The molecule has 42 heavy (non-hydrogen) atoms. The van der Waals surface area contributed by atoms with Gasteiger partial charge in [-0.05, 0) is 81.6 Å². The van der Waals surface area contributed by atoms with E-state index in [4.69, 9.17) is 5.11 Å². The highest BCUT2D eigenvalue weighted by Gasteiger charge is 2.35. The van der Waals surface area contributed by atoms with Crippen LogP contribution in [-0.2, 0) is 4.79 Å². The lowest BCUT2D eigenvalue weighted by atomic mass is 9.92. The highest BCUT2D eigenvalue weighted by molar-refractivity contribution is 5.94. The molecule has 2 aliphatic heterocycles. The number of amides is 1. The third-order valence-corrected chi connectivity index (χ3v) is 8.73. The average Bonchev–Trinajstić information content (AvgIpc) is 3.21. The molecule has 2 saturated heterocycles. The number of nitrogens with zero attached hydrogens (tertiary/aromatic N) is 4. The third kappa shape index (κ3) is 8.43. The second-order valence-electron chi connectivity index (χ2n) is 12.0. The van der Waals surface area contributed by atoms with Gasteiger partial charge in [0.2, 0.25) is 0 Å². The molecule has 0 aliphatic carbocycles. The average molecular weight is 577 g/mol. The predicted octanol–water partition coefficient (Wildman–Crippen LogP) is 4.86. The summed E-state index contributed by atoms with van der Waals surface area (Å²) in [6.07, 6.45) is 5.74. The van der Waals surface area contributed by atoms with E-state index in [-0.39, 0.29) is 30.2 Å². The molecule has 2 fully saturated rings. The van der Waals surface area contributed by atoms with Gasteiger partial charge in [0.15, 0.2) is 0 Å². The molecule has 3 atom stereocenters. The van der Waals surface area contributed by atoms with Gasteiger partial charge < -0.3 is 20.0 Å². The van der Waals surface area contributed by atoms with Crippen LogP contribution in [-0.4, -0.2) is 106 Å². The topological polar surface area (TPSA) is 87.6 Å². The van der Waals surface area contributed by atoms with E-state index in [2.05, 4.69) is 53.3 Å². The number of phenols is 1. The summed E-state index contributed by atoms with van der Waals surface area (Å²) in [5, 5.41) is 19.2. The lowest BCUT2D eigenvalue weighted by Crippen LogP contribution is -2.57. The zero-order chi connectivity index (χ0) is 30.1. The minimum atomic E-state index is -0.730. The fourth-order valence-corrected chi connectivity index (χ4v) is 6.49. The number of aromatic hydroxyl groups is 1. The van der Waals surface area contributed by atoms with Crippen molar-refractivity contribution >= 4 is 11.9 Å². The molecular weight excluding hydrogens is 528 g/mol.